The van der Waals surface area contributed by atoms with Crippen LogP contribution in [0.4, 0.5) is 13.2 Å². The van der Waals surface area contributed by atoms with E-state index in [2.05, 4.69) is 37.0 Å². The fourth-order valence-corrected chi connectivity index (χ4v) is 4.82. The molecule has 1 fully saturated rings. The molecule has 10 heteroatoms. The third kappa shape index (κ3) is 3.09. The minimum atomic E-state index is -4.56. The molecule has 1 aromatic carbocycles. The van der Waals surface area contributed by atoms with Crippen molar-refractivity contribution >= 4 is 55.1 Å². The largest absolute Gasteiger partial charge is 0.416 e. The molecule has 25 heavy (non-hydrogen) atoms. The van der Waals surface area contributed by atoms with Gasteiger partial charge in [0.15, 0.2) is 5.69 Å². The summed E-state index contributed by atoms with van der Waals surface area (Å²) in [6.45, 7) is 1.94. The van der Waals surface area contributed by atoms with Crippen molar-refractivity contribution in [1.29, 1.82) is 5.26 Å². The molecule has 1 heterocycles. The van der Waals surface area contributed by atoms with Crippen molar-refractivity contribution in [2.24, 2.45) is 0 Å². The van der Waals surface area contributed by atoms with E-state index in [9.17, 15) is 18.4 Å². The molecule has 1 atom stereocenters. The lowest BCUT2D eigenvalue weighted by atomic mass is 9.99. The Bertz CT molecular complexity index is 895. The van der Waals surface area contributed by atoms with Crippen LogP contribution in [0.1, 0.15) is 30.2 Å². The average molecular weight is 518 g/mol. The van der Waals surface area contributed by atoms with Gasteiger partial charge in [0.25, 0.3) is 0 Å². The van der Waals surface area contributed by atoms with Gasteiger partial charge in [-0.3, -0.25) is 0 Å². The van der Waals surface area contributed by atoms with Crippen LogP contribution >= 0.6 is 55.1 Å². The number of hydrogen-bond acceptors (Lipinski definition) is 2. The zero-order chi connectivity index (χ0) is 18.8. The Balaban J connectivity index is 2.14. The highest BCUT2D eigenvalue weighted by atomic mass is 79.9. The van der Waals surface area contributed by atoms with Gasteiger partial charge in [0.1, 0.15) is 11.8 Å². The van der Waals surface area contributed by atoms with E-state index in [0.717, 1.165) is 18.6 Å². The molecule has 0 bridgehead atoms. The Labute approximate surface area is 168 Å². The van der Waals surface area contributed by atoms with Crippen LogP contribution in [0.3, 0.4) is 0 Å². The van der Waals surface area contributed by atoms with Gasteiger partial charge >= 0.3 is 6.18 Å². The van der Waals surface area contributed by atoms with E-state index < -0.39 is 11.7 Å². The standard InChI is InChI=1S/C15H8Br2Cl2F3N3/c1-13(6-14(13,16)17)8-5-25(24-11(8)4-23)12-9(18)2-7(3-10(12)19)15(20,21)22/h2-3,5H,6H2,1H3. The highest BCUT2D eigenvalue weighted by Crippen LogP contribution is 2.67. The Morgan fingerprint density at radius 1 is 1.28 bits per heavy atom. The lowest BCUT2D eigenvalue weighted by Gasteiger charge is -2.12. The third-order valence-corrected chi connectivity index (χ3v) is 7.13. The van der Waals surface area contributed by atoms with E-state index in [4.69, 9.17) is 23.2 Å². The average Bonchev–Trinajstić information content (AvgIpc) is 2.83. The smallest absolute Gasteiger partial charge is 0.236 e. The maximum atomic E-state index is 12.9. The number of aromatic nitrogens is 2. The van der Waals surface area contributed by atoms with E-state index >= 15 is 0 Å². The molecule has 0 radical (unpaired) electrons. The molecule has 0 N–H and O–H groups in total. The molecule has 3 nitrogen and oxygen atoms in total. The number of hydrogen-bond donors (Lipinski definition) is 0. The predicted octanol–water partition coefficient (Wildman–Crippen LogP) is 6.22. The third-order valence-electron chi connectivity index (χ3n) is 4.25. The first-order valence-electron chi connectivity index (χ1n) is 6.85. The van der Waals surface area contributed by atoms with Crippen molar-refractivity contribution in [1.82, 2.24) is 9.78 Å². The molecule has 1 aliphatic carbocycles. The van der Waals surface area contributed by atoms with E-state index in [1.54, 1.807) is 6.20 Å². The monoisotopic (exact) mass is 515 g/mol. The summed E-state index contributed by atoms with van der Waals surface area (Å²) in [6.07, 6.45) is -2.27. The summed E-state index contributed by atoms with van der Waals surface area (Å²) in [5, 5.41) is 13.1. The molecule has 1 saturated carbocycles. The van der Waals surface area contributed by atoms with E-state index in [1.165, 1.54) is 4.68 Å². The number of benzene rings is 1. The second-order valence-electron chi connectivity index (χ2n) is 5.95. The molecular formula is C15H8Br2Cl2F3N3. The molecule has 0 spiro atoms. The minimum absolute atomic E-state index is 0.0954. The maximum absolute atomic E-state index is 12.9. The van der Waals surface area contributed by atoms with Crippen molar-refractivity contribution in [3.63, 3.8) is 0 Å². The van der Waals surface area contributed by atoms with Gasteiger partial charge in [0.05, 0.1) is 18.8 Å². The van der Waals surface area contributed by atoms with Gasteiger partial charge in [0, 0.05) is 17.2 Å². The van der Waals surface area contributed by atoms with Gasteiger partial charge < -0.3 is 0 Å². The van der Waals surface area contributed by atoms with Gasteiger partial charge in [-0.15, -0.1) is 0 Å². The first-order chi connectivity index (χ1) is 11.4. The van der Waals surface area contributed by atoms with Crippen LogP contribution < -0.4 is 0 Å². The molecule has 0 amide bonds. The lowest BCUT2D eigenvalue weighted by Crippen LogP contribution is -2.09. The van der Waals surface area contributed by atoms with E-state index in [0.29, 0.717) is 5.56 Å². The molecule has 2 aromatic rings. The van der Waals surface area contributed by atoms with Gasteiger partial charge in [-0.05, 0) is 18.6 Å². The van der Waals surface area contributed by atoms with Crippen molar-refractivity contribution in [3.8, 4) is 11.8 Å². The van der Waals surface area contributed by atoms with Crippen molar-refractivity contribution in [2.75, 3.05) is 0 Å². The maximum Gasteiger partial charge on any atom is 0.416 e. The zero-order valence-corrected chi connectivity index (χ0v) is 17.1. The number of rotatable bonds is 2. The summed E-state index contributed by atoms with van der Waals surface area (Å²) < 4.78 is 39.5. The van der Waals surface area contributed by atoms with Gasteiger partial charge in [-0.1, -0.05) is 62.0 Å². The van der Waals surface area contributed by atoms with Crippen LogP contribution in [0.15, 0.2) is 18.3 Å². The van der Waals surface area contributed by atoms with E-state index in [-0.39, 0.29) is 30.1 Å². The molecule has 3 rings (SSSR count). The molecule has 1 unspecified atom stereocenters. The topological polar surface area (TPSA) is 41.6 Å². The van der Waals surface area contributed by atoms with Gasteiger partial charge in [-0.2, -0.15) is 23.5 Å². The molecular weight excluding hydrogens is 510 g/mol. The van der Waals surface area contributed by atoms with Crippen LogP contribution in [0.25, 0.3) is 5.69 Å². The fourth-order valence-electron chi connectivity index (χ4n) is 2.61. The van der Waals surface area contributed by atoms with Gasteiger partial charge in [0.2, 0.25) is 0 Å². The van der Waals surface area contributed by atoms with E-state index in [1.807, 2.05) is 13.0 Å². The van der Waals surface area contributed by atoms with Crippen LogP contribution in [0, 0.1) is 11.3 Å². The Hall–Kier alpha value is -0.750. The molecule has 1 aromatic heterocycles. The summed E-state index contributed by atoms with van der Waals surface area (Å²) in [6, 6.07) is 3.58. The second-order valence-corrected chi connectivity index (χ2v) is 10.5. The molecule has 1 aliphatic rings. The highest BCUT2D eigenvalue weighted by molar-refractivity contribution is 9.25. The summed E-state index contributed by atoms with van der Waals surface area (Å²) >= 11 is 19.1. The summed E-state index contributed by atoms with van der Waals surface area (Å²) in [4.78, 5) is 0. The molecule has 132 valence electrons. The van der Waals surface area contributed by atoms with Crippen LogP contribution in [-0.4, -0.2) is 13.0 Å². The number of alkyl halides is 5. The van der Waals surface area contributed by atoms with Crippen molar-refractivity contribution in [2.45, 2.75) is 28.2 Å². The minimum Gasteiger partial charge on any atom is -0.236 e. The Morgan fingerprint density at radius 2 is 1.80 bits per heavy atom. The zero-order valence-electron chi connectivity index (χ0n) is 12.4. The van der Waals surface area contributed by atoms with Crippen molar-refractivity contribution in [3.05, 3.63) is 45.2 Å². The molecule has 0 saturated heterocycles. The summed E-state index contributed by atoms with van der Waals surface area (Å²) in [5.74, 6) is 0. The number of halogens is 7. The molecule has 0 aliphatic heterocycles. The van der Waals surface area contributed by atoms with Crippen LogP contribution in [-0.2, 0) is 11.6 Å². The Kier molecular flexibility index (Phi) is 4.47. The lowest BCUT2D eigenvalue weighted by molar-refractivity contribution is -0.137. The Morgan fingerprint density at radius 3 is 2.20 bits per heavy atom. The van der Waals surface area contributed by atoms with Crippen LogP contribution in [0.2, 0.25) is 10.0 Å². The number of nitrogens with zero attached hydrogens (tertiary/aromatic N) is 3. The second kappa shape index (κ2) is 5.88. The fraction of sp³-hybridized carbons (Fsp3) is 0.333. The predicted molar refractivity (Wildman–Crippen MR) is 95.9 cm³/mol. The quantitative estimate of drug-likeness (QED) is 0.444. The first-order valence-corrected chi connectivity index (χ1v) is 9.19. The van der Waals surface area contributed by atoms with Gasteiger partial charge in [-0.25, -0.2) is 4.68 Å². The SMILES string of the molecule is CC1(c2cn(-c3c(Cl)cc(C(F)(F)F)cc3Cl)nc2C#N)CC1(Br)Br. The number of nitriles is 1. The van der Waals surface area contributed by atoms with Crippen molar-refractivity contribution < 1.29 is 13.2 Å². The normalized spacial score (nSPS) is 21.9. The van der Waals surface area contributed by atoms with Crippen LogP contribution in [0.5, 0.6) is 0 Å². The highest BCUT2D eigenvalue weighted by Gasteiger charge is 2.64. The summed E-state index contributed by atoms with van der Waals surface area (Å²) in [7, 11) is 0. The first kappa shape index (κ1) is 19.0. The summed E-state index contributed by atoms with van der Waals surface area (Å²) in [5.41, 5.74) is -0.432.